The van der Waals surface area contributed by atoms with Gasteiger partial charge in [0.05, 0.1) is 0 Å². The van der Waals surface area contributed by atoms with Crippen molar-refractivity contribution >= 4 is 5.69 Å². The third-order valence-electron chi connectivity index (χ3n) is 1.94. The number of benzene rings is 1. The minimum atomic E-state index is 0.543. The Labute approximate surface area is 81.7 Å². The summed E-state index contributed by atoms with van der Waals surface area (Å²) in [4.78, 5) is 4.21. The molecular weight excluding hydrogens is 178 g/mol. The third kappa shape index (κ3) is 1.59. The van der Waals surface area contributed by atoms with E-state index in [0.29, 0.717) is 5.89 Å². The number of aromatic nitrogens is 2. The Morgan fingerprint density at radius 2 is 2.00 bits per heavy atom. The van der Waals surface area contributed by atoms with Crippen LogP contribution in [0.3, 0.4) is 0 Å². The van der Waals surface area contributed by atoms with E-state index in [4.69, 9.17) is 10.3 Å². The smallest absolute Gasteiger partial charge is 0.257 e. The van der Waals surface area contributed by atoms with Gasteiger partial charge in [0.25, 0.3) is 5.89 Å². The molecule has 4 heteroatoms. The number of hydrogen-bond donors (Lipinski definition) is 1. The maximum absolute atomic E-state index is 5.57. The molecule has 0 aliphatic carbocycles. The van der Waals surface area contributed by atoms with Crippen molar-refractivity contribution in [3.63, 3.8) is 0 Å². The Balaban J connectivity index is 2.34. The maximum atomic E-state index is 5.57. The van der Waals surface area contributed by atoms with Gasteiger partial charge < -0.3 is 10.3 Å². The molecule has 1 heterocycles. The average molecular weight is 189 g/mol. The van der Waals surface area contributed by atoms with Gasteiger partial charge >= 0.3 is 0 Å². The van der Waals surface area contributed by atoms with Crippen molar-refractivity contribution in [2.45, 2.75) is 13.3 Å². The lowest BCUT2D eigenvalue weighted by atomic mass is 10.2. The molecule has 0 fully saturated rings. The van der Waals surface area contributed by atoms with Crippen LogP contribution in [0, 0.1) is 0 Å². The molecule has 14 heavy (non-hydrogen) atoms. The number of nitrogens with two attached hydrogens (primary N) is 1. The van der Waals surface area contributed by atoms with Crippen LogP contribution in [0.15, 0.2) is 28.8 Å². The fourth-order valence-electron chi connectivity index (χ4n) is 1.14. The number of rotatable bonds is 2. The summed E-state index contributed by atoms with van der Waals surface area (Å²) in [6.07, 6.45) is 0.776. The second kappa shape index (κ2) is 3.49. The third-order valence-corrected chi connectivity index (χ3v) is 1.94. The molecule has 0 saturated heterocycles. The number of hydrogen-bond acceptors (Lipinski definition) is 4. The molecule has 0 saturated carbocycles. The zero-order chi connectivity index (χ0) is 9.97. The SMILES string of the molecule is CCc1noc(-c2ccc(N)cc2)n1. The number of aryl methyl sites for hydroxylation is 1. The Morgan fingerprint density at radius 1 is 1.29 bits per heavy atom. The molecule has 0 unspecified atom stereocenters. The van der Waals surface area contributed by atoms with Gasteiger partial charge in [0.15, 0.2) is 5.82 Å². The highest BCUT2D eigenvalue weighted by Gasteiger charge is 2.06. The lowest BCUT2D eigenvalue weighted by Crippen LogP contribution is -1.85. The van der Waals surface area contributed by atoms with Crippen molar-refractivity contribution in [1.29, 1.82) is 0 Å². The van der Waals surface area contributed by atoms with Crippen LogP contribution in [0.25, 0.3) is 11.5 Å². The highest BCUT2D eigenvalue weighted by atomic mass is 16.5. The second-order valence-electron chi connectivity index (χ2n) is 2.99. The summed E-state index contributed by atoms with van der Waals surface area (Å²) in [5.41, 5.74) is 7.19. The molecule has 0 radical (unpaired) electrons. The van der Waals surface area contributed by atoms with E-state index in [2.05, 4.69) is 10.1 Å². The summed E-state index contributed by atoms with van der Waals surface area (Å²) in [5, 5.41) is 3.82. The van der Waals surface area contributed by atoms with Crippen molar-refractivity contribution < 1.29 is 4.52 Å². The van der Waals surface area contributed by atoms with Crippen LogP contribution in [0.1, 0.15) is 12.7 Å². The second-order valence-corrected chi connectivity index (χ2v) is 2.99. The van der Waals surface area contributed by atoms with Crippen LogP contribution in [-0.4, -0.2) is 10.1 Å². The number of nitrogens with zero attached hydrogens (tertiary/aromatic N) is 2. The van der Waals surface area contributed by atoms with Crippen LogP contribution in [0.5, 0.6) is 0 Å². The van der Waals surface area contributed by atoms with E-state index in [1.54, 1.807) is 0 Å². The molecule has 0 aliphatic heterocycles. The first-order chi connectivity index (χ1) is 6.79. The minimum absolute atomic E-state index is 0.543. The first kappa shape index (κ1) is 8.74. The van der Waals surface area contributed by atoms with Gasteiger partial charge in [-0.1, -0.05) is 12.1 Å². The van der Waals surface area contributed by atoms with Crippen LogP contribution in [0.4, 0.5) is 5.69 Å². The summed E-state index contributed by atoms with van der Waals surface area (Å²) >= 11 is 0. The molecule has 2 N–H and O–H groups in total. The topological polar surface area (TPSA) is 64.9 Å². The standard InChI is InChI=1S/C10H11N3O/c1-2-9-12-10(14-13-9)7-3-5-8(11)6-4-7/h3-6H,2,11H2,1H3. The minimum Gasteiger partial charge on any atom is -0.399 e. The van der Waals surface area contributed by atoms with Crippen molar-refractivity contribution in [3.05, 3.63) is 30.1 Å². The largest absolute Gasteiger partial charge is 0.399 e. The van der Waals surface area contributed by atoms with Crippen molar-refractivity contribution in [2.24, 2.45) is 0 Å². The summed E-state index contributed by atoms with van der Waals surface area (Å²) in [7, 11) is 0. The van der Waals surface area contributed by atoms with Crippen LogP contribution in [0.2, 0.25) is 0 Å². The van der Waals surface area contributed by atoms with Crippen molar-refractivity contribution in [2.75, 3.05) is 5.73 Å². The molecule has 0 spiro atoms. The predicted octanol–water partition coefficient (Wildman–Crippen LogP) is 1.88. The Kier molecular flexibility index (Phi) is 2.18. The monoisotopic (exact) mass is 189 g/mol. The summed E-state index contributed by atoms with van der Waals surface area (Å²) < 4.78 is 5.08. The zero-order valence-corrected chi connectivity index (χ0v) is 7.90. The Hall–Kier alpha value is -1.84. The van der Waals surface area contributed by atoms with Gasteiger partial charge in [-0.3, -0.25) is 0 Å². The number of anilines is 1. The van der Waals surface area contributed by atoms with Crippen LogP contribution < -0.4 is 5.73 Å². The Bertz CT molecular complexity index is 419. The normalized spacial score (nSPS) is 10.4. The average Bonchev–Trinajstić information content (AvgIpc) is 2.67. The van der Waals surface area contributed by atoms with E-state index >= 15 is 0 Å². The fourth-order valence-corrected chi connectivity index (χ4v) is 1.14. The fraction of sp³-hybridized carbons (Fsp3) is 0.200. The Morgan fingerprint density at radius 3 is 2.57 bits per heavy atom. The molecular formula is C10H11N3O. The molecule has 1 aromatic heterocycles. The van der Waals surface area contributed by atoms with Crippen LogP contribution >= 0.6 is 0 Å². The summed E-state index contributed by atoms with van der Waals surface area (Å²) in [5.74, 6) is 1.26. The zero-order valence-electron chi connectivity index (χ0n) is 7.90. The van der Waals surface area contributed by atoms with E-state index < -0.39 is 0 Å². The van der Waals surface area contributed by atoms with E-state index in [-0.39, 0.29) is 0 Å². The van der Waals surface area contributed by atoms with E-state index in [9.17, 15) is 0 Å². The predicted molar refractivity (Wildman–Crippen MR) is 53.5 cm³/mol. The van der Waals surface area contributed by atoms with Crippen molar-refractivity contribution in [3.8, 4) is 11.5 Å². The molecule has 1 aromatic carbocycles. The van der Waals surface area contributed by atoms with Gasteiger partial charge in [0.1, 0.15) is 0 Å². The van der Waals surface area contributed by atoms with Crippen molar-refractivity contribution in [1.82, 2.24) is 10.1 Å². The lowest BCUT2D eigenvalue weighted by molar-refractivity contribution is 0.423. The number of nitrogen functional groups attached to an aromatic ring is 1. The van der Waals surface area contributed by atoms with Crippen LogP contribution in [-0.2, 0) is 6.42 Å². The molecule has 0 bridgehead atoms. The lowest BCUT2D eigenvalue weighted by Gasteiger charge is -1.94. The summed E-state index contributed by atoms with van der Waals surface area (Å²) in [6, 6.07) is 7.35. The molecule has 2 rings (SSSR count). The van der Waals surface area contributed by atoms with E-state index in [1.165, 1.54) is 0 Å². The van der Waals surface area contributed by atoms with Gasteiger partial charge in [0, 0.05) is 17.7 Å². The first-order valence-corrected chi connectivity index (χ1v) is 4.48. The molecule has 0 atom stereocenters. The highest BCUT2D eigenvalue weighted by molar-refractivity contribution is 5.56. The van der Waals surface area contributed by atoms with Gasteiger partial charge in [0.2, 0.25) is 0 Å². The quantitative estimate of drug-likeness (QED) is 0.732. The van der Waals surface area contributed by atoms with E-state index in [1.807, 2.05) is 31.2 Å². The molecule has 2 aromatic rings. The summed E-state index contributed by atoms with van der Waals surface area (Å²) in [6.45, 7) is 1.98. The molecule has 0 amide bonds. The van der Waals surface area contributed by atoms with E-state index in [0.717, 1.165) is 23.5 Å². The van der Waals surface area contributed by atoms with Gasteiger partial charge in [-0.05, 0) is 24.3 Å². The first-order valence-electron chi connectivity index (χ1n) is 4.48. The maximum Gasteiger partial charge on any atom is 0.257 e. The molecule has 72 valence electrons. The van der Waals surface area contributed by atoms with Gasteiger partial charge in [-0.15, -0.1) is 0 Å². The van der Waals surface area contributed by atoms with Gasteiger partial charge in [-0.25, -0.2) is 0 Å². The molecule has 4 nitrogen and oxygen atoms in total. The molecule has 0 aliphatic rings. The van der Waals surface area contributed by atoms with Gasteiger partial charge in [-0.2, -0.15) is 4.98 Å². The highest BCUT2D eigenvalue weighted by Crippen LogP contribution is 2.18.